The number of halogens is 1. The normalized spacial score (nSPS) is 11.1. The van der Waals surface area contributed by atoms with Gasteiger partial charge < -0.3 is 10.1 Å². The fourth-order valence-corrected chi connectivity index (χ4v) is 2.12. The number of methoxy groups -OCH3 is 1. The molecule has 0 unspecified atom stereocenters. The number of hydrogen-bond acceptors (Lipinski definition) is 4. The van der Waals surface area contributed by atoms with Crippen molar-refractivity contribution in [3.8, 4) is 0 Å². The Hall–Kier alpha value is 0.120. The van der Waals surface area contributed by atoms with Crippen molar-refractivity contribution in [3.05, 3.63) is 0 Å². The first-order valence-electron chi connectivity index (χ1n) is 5.29. The minimum atomic E-state index is -3.11. The zero-order valence-electron chi connectivity index (χ0n) is 9.99. The highest BCUT2D eigenvalue weighted by Crippen LogP contribution is 1.89. The molecular weight excluding hydrogens is 252 g/mol. The third-order valence-electron chi connectivity index (χ3n) is 1.81. The lowest BCUT2D eigenvalue weighted by molar-refractivity contribution is 0.199. The maximum absolute atomic E-state index is 11.3. The third kappa shape index (κ3) is 12.2. The summed E-state index contributed by atoms with van der Waals surface area (Å²) in [6.07, 6.45) is 1.59. The minimum Gasteiger partial charge on any atom is -0.385 e. The van der Waals surface area contributed by atoms with E-state index in [1.165, 1.54) is 0 Å². The van der Waals surface area contributed by atoms with Crippen LogP contribution in [0.2, 0.25) is 0 Å². The van der Waals surface area contributed by atoms with Crippen molar-refractivity contribution in [3.63, 3.8) is 0 Å². The molecule has 0 aliphatic rings. The van der Waals surface area contributed by atoms with Crippen molar-refractivity contribution < 1.29 is 13.2 Å². The van der Waals surface area contributed by atoms with Gasteiger partial charge in [-0.1, -0.05) is 6.92 Å². The van der Waals surface area contributed by atoms with E-state index < -0.39 is 10.0 Å². The van der Waals surface area contributed by atoms with Gasteiger partial charge in [-0.05, 0) is 19.4 Å². The van der Waals surface area contributed by atoms with Crippen LogP contribution in [0.5, 0.6) is 0 Å². The van der Waals surface area contributed by atoms with Crippen molar-refractivity contribution in [1.29, 1.82) is 0 Å². The SMILES string of the molecule is CCCNCCNS(=O)(=O)CCCOC.Cl. The van der Waals surface area contributed by atoms with Crippen molar-refractivity contribution in [2.45, 2.75) is 19.8 Å². The largest absolute Gasteiger partial charge is 0.385 e. The van der Waals surface area contributed by atoms with Gasteiger partial charge in [0.05, 0.1) is 5.75 Å². The van der Waals surface area contributed by atoms with Crippen LogP contribution in [0.25, 0.3) is 0 Å². The van der Waals surface area contributed by atoms with Crippen LogP contribution in [-0.4, -0.2) is 47.5 Å². The molecule has 0 saturated carbocycles. The van der Waals surface area contributed by atoms with Crippen molar-refractivity contribution in [2.24, 2.45) is 0 Å². The first kappa shape index (κ1) is 18.5. The van der Waals surface area contributed by atoms with Gasteiger partial charge in [-0.2, -0.15) is 0 Å². The Morgan fingerprint density at radius 2 is 1.88 bits per heavy atom. The van der Waals surface area contributed by atoms with Crippen LogP contribution in [0.3, 0.4) is 0 Å². The average Bonchev–Trinajstić information content (AvgIpc) is 2.17. The molecule has 0 spiro atoms. The van der Waals surface area contributed by atoms with E-state index in [1.807, 2.05) is 0 Å². The summed E-state index contributed by atoms with van der Waals surface area (Å²) in [5.74, 6) is 0.134. The number of nitrogens with one attached hydrogen (secondary N) is 2. The summed E-state index contributed by atoms with van der Waals surface area (Å²) in [5.41, 5.74) is 0. The van der Waals surface area contributed by atoms with Gasteiger partial charge in [0.15, 0.2) is 0 Å². The van der Waals surface area contributed by atoms with E-state index in [2.05, 4.69) is 17.0 Å². The van der Waals surface area contributed by atoms with E-state index in [0.717, 1.165) is 13.0 Å². The number of rotatable bonds is 10. The molecule has 100 valence electrons. The molecule has 5 nitrogen and oxygen atoms in total. The molecule has 0 heterocycles. The fourth-order valence-electron chi connectivity index (χ4n) is 1.06. The molecule has 0 saturated heterocycles. The Kier molecular flexibility index (Phi) is 13.4. The van der Waals surface area contributed by atoms with Crippen molar-refractivity contribution in [2.75, 3.05) is 39.1 Å². The van der Waals surface area contributed by atoms with Gasteiger partial charge in [0.2, 0.25) is 10.0 Å². The lowest BCUT2D eigenvalue weighted by Gasteiger charge is -2.06. The standard InChI is InChI=1S/C9H22N2O3S.ClH/c1-3-5-10-6-7-11-15(12,13)9-4-8-14-2;/h10-11H,3-9H2,1-2H3;1H. The Morgan fingerprint density at radius 3 is 2.44 bits per heavy atom. The van der Waals surface area contributed by atoms with Crippen LogP contribution in [0, 0.1) is 0 Å². The Bertz CT molecular complexity index is 235. The summed E-state index contributed by atoms with van der Waals surface area (Å²) < 4.78 is 30.0. The second kappa shape index (κ2) is 11.6. The molecule has 0 rings (SSSR count). The van der Waals surface area contributed by atoms with E-state index >= 15 is 0 Å². The molecule has 0 amide bonds. The molecule has 0 radical (unpaired) electrons. The smallest absolute Gasteiger partial charge is 0.211 e. The summed E-state index contributed by atoms with van der Waals surface area (Å²) in [7, 11) is -1.55. The van der Waals surface area contributed by atoms with Crippen molar-refractivity contribution >= 4 is 22.4 Å². The van der Waals surface area contributed by atoms with Gasteiger partial charge in [0.1, 0.15) is 0 Å². The second-order valence-electron chi connectivity index (χ2n) is 3.31. The molecule has 0 aliphatic heterocycles. The van der Waals surface area contributed by atoms with Crippen molar-refractivity contribution in [1.82, 2.24) is 10.0 Å². The Morgan fingerprint density at radius 1 is 1.19 bits per heavy atom. The summed E-state index contributed by atoms with van der Waals surface area (Å²) >= 11 is 0. The Labute approximate surface area is 105 Å². The third-order valence-corrected chi connectivity index (χ3v) is 3.28. The summed E-state index contributed by atoms with van der Waals surface area (Å²) in [6.45, 7) is 4.61. The Balaban J connectivity index is 0. The lowest BCUT2D eigenvalue weighted by atomic mass is 10.5. The molecular formula is C9H23ClN2O3S. The summed E-state index contributed by atoms with van der Waals surface area (Å²) in [6, 6.07) is 0. The highest BCUT2D eigenvalue weighted by Gasteiger charge is 2.07. The van der Waals surface area contributed by atoms with Gasteiger partial charge in [0.25, 0.3) is 0 Å². The fraction of sp³-hybridized carbons (Fsp3) is 1.00. The molecule has 0 aromatic heterocycles. The monoisotopic (exact) mass is 274 g/mol. The predicted molar refractivity (Wildman–Crippen MR) is 68.7 cm³/mol. The lowest BCUT2D eigenvalue weighted by Crippen LogP contribution is -2.33. The van der Waals surface area contributed by atoms with E-state index in [4.69, 9.17) is 4.74 Å². The average molecular weight is 275 g/mol. The zero-order valence-corrected chi connectivity index (χ0v) is 11.6. The number of ether oxygens (including phenoxy) is 1. The topological polar surface area (TPSA) is 67.4 Å². The van der Waals surface area contributed by atoms with Crippen LogP contribution in [0.1, 0.15) is 19.8 Å². The second-order valence-corrected chi connectivity index (χ2v) is 5.24. The van der Waals surface area contributed by atoms with Crippen LogP contribution >= 0.6 is 12.4 Å². The number of hydrogen-bond donors (Lipinski definition) is 2. The molecule has 7 heteroatoms. The molecule has 16 heavy (non-hydrogen) atoms. The molecule has 2 N–H and O–H groups in total. The van der Waals surface area contributed by atoms with Gasteiger partial charge in [0, 0.05) is 26.8 Å². The van der Waals surface area contributed by atoms with E-state index in [9.17, 15) is 8.42 Å². The van der Waals surface area contributed by atoms with Gasteiger partial charge in [-0.15, -0.1) is 12.4 Å². The first-order chi connectivity index (χ1) is 7.12. The van der Waals surface area contributed by atoms with E-state index in [0.29, 0.717) is 26.1 Å². The van der Waals surface area contributed by atoms with Crippen LogP contribution in [-0.2, 0) is 14.8 Å². The quantitative estimate of drug-likeness (QED) is 0.565. The maximum atomic E-state index is 11.3. The maximum Gasteiger partial charge on any atom is 0.211 e. The molecule has 0 atom stereocenters. The molecule has 0 aliphatic carbocycles. The highest BCUT2D eigenvalue weighted by atomic mass is 35.5. The van der Waals surface area contributed by atoms with E-state index in [-0.39, 0.29) is 18.2 Å². The summed E-state index contributed by atoms with van der Waals surface area (Å²) in [5, 5.41) is 3.12. The molecule has 0 fully saturated rings. The van der Waals surface area contributed by atoms with Crippen LogP contribution in [0.15, 0.2) is 0 Å². The highest BCUT2D eigenvalue weighted by molar-refractivity contribution is 7.89. The first-order valence-corrected chi connectivity index (χ1v) is 6.94. The van der Waals surface area contributed by atoms with Crippen LogP contribution in [0.4, 0.5) is 0 Å². The van der Waals surface area contributed by atoms with Gasteiger partial charge >= 0.3 is 0 Å². The van der Waals surface area contributed by atoms with Gasteiger partial charge in [-0.3, -0.25) is 0 Å². The molecule has 0 aromatic carbocycles. The van der Waals surface area contributed by atoms with Crippen LogP contribution < -0.4 is 10.0 Å². The molecule has 0 bridgehead atoms. The summed E-state index contributed by atoms with van der Waals surface area (Å²) in [4.78, 5) is 0. The van der Waals surface area contributed by atoms with E-state index in [1.54, 1.807) is 7.11 Å². The molecule has 0 aromatic rings. The predicted octanol–water partition coefficient (Wildman–Crippen LogP) is 0.364. The van der Waals surface area contributed by atoms with Gasteiger partial charge in [-0.25, -0.2) is 13.1 Å². The zero-order chi connectivity index (χ0) is 11.6. The number of sulfonamides is 1. The minimum absolute atomic E-state index is 0.